The smallest absolute Gasteiger partial charge is 0.264 e. The van der Waals surface area contributed by atoms with E-state index in [9.17, 15) is 18.0 Å². The summed E-state index contributed by atoms with van der Waals surface area (Å²) in [7, 11) is -4.10. The maximum Gasteiger partial charge on any atom is 0.264 e. The number of hydrogen-bond acceptors (Lipinski definition) is 4. The zero-order valence-electron chi connectivity index (χ0n) is 23.6. The molecule has 2 amide bonds. The van der Waals surface area contributed by atoms with Crippen LogP contribution in [0.3, 0.4) is 0 Å². The zero-order chi connectivity index (χ0) is 29.3. The molecular formula is C31H38ClN3O4S. The molecule has 0 spiro atoms. The molecule has 0 fully saturated rings. The summed E-state index contributed by atoms with van der Waals surface area (Å²) in [6.07, 6.45) is 2.11. The van der Waals surface area contributed by atoms with Crippen molar-refractivity contribution in [2.24, 2.45) is 0 Å². The number of halogens is 1. The number of carbonyl (C=O) groups is 2. The fraction of sp³-hybridized carbons (Fsp3) is 0.355. The molecule has 3 aromatic rings. The van der Waals surface area contributed by atoms with Crippen LogP contribution in [0.1, 0.15) is 49.8 Å². The molecule has 0 aliphatic carbocycles. The molecule has 0 aliphatic rings. The van der Waals surface area contributed by atoms with Gasteiger partial charge in [-0.15, -0.1) is 0 Å². The molecule has 3 aromatic carbocycles. The highest BCUT2D eigenvalue weighted by atomic mass is 35.5. The highest BCUT2D eigenvalue weighted by Crippen LogP contribution is 2.28. The average Bonchev–Trinajstić information content (AvgIpc) is 2.93. The molecule has 1 N–H and O–H groups in total. The number of aryl methyl sites for hydroxylation is 2. The van der Waals surface area contributed by atoms with Crippen molar-refractivity contribution in [2.45, 2.75) is 64.4 Å². The van der Waals surface area contributed by atoms with Crippen LogP contribution in [0.2, 0.25) is 5.02 Å². The van der Waals surface area contributed by atoms with Crippen molar-refractivity contribution in [3.63, 3.8) is 0 Å². The second kappa shape index (κ2) is 14.3. The van der Waals surface area contributed by atoms with E-state index in [0.717, 1.165) is 33.8 Å². The third kappa shape index (κ3) is 7.86. The van der Waals surface area contributed by atoms with Crippen molar-refractivity contribution in [3.05, 3.63) is 94.5 Å². The Bertz CT molecular complexity index is 1400. The van der Waals surface area contributed by atoms with Gasteiger partial charge in [0.1, 0.15) is 12.6 Å². The number of unbranched alkanes of at least 4 members (excludes halogenated alkanes) is 1. The van der Waals surface area contributed by atoms with Crippen LogP contribution < -0.4 is 9.62 Å². The number of nitrogens with zero attached hydrogens (tertiary/aromatic N) is 2. The zero-order valence-corrected chi connectivity index (χ0v) is 25.1. The molecule has 0 radical (unpaired) electrons. The maximum atomic E-state index is 14.1. The molecule has 7 nitrogen and oxygen atoms in total. The van der Waals surface area contributed by atoms with Gasteiger partial charge in [0.05, 0.1) is 10.6 Å². The largest absolute Gasteiger partial charge is 0.354 e. The minimum absolute atomic E-state index is 0.0800. The van der Waals surface area contributed by atoms with Gasteiger partial charge in [0, 0.05) is 18.1 Å². The van der Waals surface area contributed by atoms with Crippen molar-refractivity contribution in [1.82, 2.24) is 10.2 Å². The highest BCUT2D eigenvalue weighted by molar-refractivity contribution is 7.92. The first kappa shape index (κ1) is 31.2. The third-order valence-electron chi connectivity index (χ3n) is 6.71. The molecule has 40 heavy (non-hydrogen) atoms. The van der Waals surface area contributed by atoms with Gasteiger partial charge in [0.25, 0.3) is 10.0 Å². The molecule has 0 saturated carbocycles. The van der Waals surface area contributed by atoms with Gasteiger partial charge >= 0.3 is 0 Å². The number of sulfonamides is 1. The summed E-state index contributed by atoms with van der Waals surface area (Å²) in [5.41, 5.74) is 2.89. The predicted molar refractivity (Wildman–Crippen MR) is 161 cm³/mol. The van der Waals surface area contributed by atoms with Crippen molar-refractivity contribution < 1.29 is 18.0 Å². The fourth-order valence-corrected chi connectivity index (χ4v) is 6.16. The lowest BCUT2D eigenvalue weighted by atomic mass is 10.1. The van der Waals surface area contributed by atoms with Gasteiger partial charge in [-0.1, -0.05) is 79.9 Å². The summed E-state index contributed by atoms with van der Waals surface area (Å²) in [6, 6.07) is 19.8. The third-order valence-corrected chi connectivity index (χ3v) is 8.74. The molecule has 0 aromatic heterocycles. The number of hydrogen-bond donors (Lipinski definition) is 1. The van der Waals surface area contributed by atoms with Crippen molar-refractivity contribution in [3.8, 4) is 0 Å². The lowest BCUT2D eigenvalue weighted by molar-refractivity contribution is -0.140. The van der Waals surface area contributed by atoms with Crippen molar-refractivity contribution in [2.75, 3.05) is 17.4 Å². The van der Waals surface area contributed by atoms with E-state index in [1.54, 1.807) is 48.5 Å². The number of benzene rings is 3. The van der Waals surface area contributed by atoms with E-state index in [-0.39, 0.29) is 17.3 Å². The topological polar surface area (TPSA) is 86.8 Å². The first-order valence-electron chi connectivity index (χ1n) is 13.5. The van der Waals surface area contributed by atoms with Crippen LogP contribution in [-0.4, -0.2) is 44.3 Å². The van der Waals surface area contributed by atoms with Crippen molar-refractivity contribution >= 4 is 39.1 Å². The minimum atomic E-state index is -4.10. The van der Waals surface area contributed by atoms with Gasteiger partial charge < -0.3 is 10.2 Å². The Hall–Kier alpha value is -3.36. The van der Waals surface area contributed by atoms with E-state index in [0.29, 0.717) is 23.7 Å². The molecule has 1 unspecified atom stereocenters. The summed E-state index contributed by atoms with van der Waals surface area (Å²) in [5, 5.41) is 3.49. The molecule has 214 valence electrons. The highest BCUT2D eigenvalue weighted by Gasteiger charge is 2.34. The number of amides is 2. The van der Waals surface area contributed by atoms with Crippen molar-refractivity contribution in [1.29, 1.82) is 0 Å². The summed E-state index contributed by atoms with van der Waals surface area (Å²) in [5.74, 6) is -0.742. The number of nitrogens with one attached hydrogen (secondary N) is 1. The molecule has 0 saturated heterocycles. The standard InChI is InChI=1S/C31H38ClN3O4S/c1-5-7-19-33-31(37)28(6-2)34(21-25-14-16-26(32)17-15-25)30(36)22-35(29-18-13-23(3)20-24(29)4)40(38,39)27-11-9-8-10-12-27/h8-18,20,28H,5-7,19,21-22H2,1-4H3,(H,33,37). The van der Waals surface area contributed by atoms with Crippen LogP contribution in [0.25, 0.3) is 0 Å². The molecule has 9 heteroatoms. The predicted octanol–water partition coefficient (Wildman–Crippen LogP) is 5.88. The van der Waals surface area contributed by atoms with Crippen LogP contribution in [0.4, 0.5) is 5.69 Å². The van der Waals surface area contributed by atoms with Gasteiger partial charge in [0.15, 0.2) is 0 Å². The van der Waals surface area contributed by atoms with E-state index in [1.165, 1.54) is 17.0 Å². The number of rotatable bonds is 13. The Balaban J connectivity index is 2.05. The Morgan fingerprint density at radius 2 is 1.62 bits per heavy atom. The number of carbonyl (C=O) groups excluding carboxylic acids is 2. The van der Waals surface area contributed by atoms with E-state index in [4.69, 9.17) is 11.6 Å². The minimum Gasteiger partial charge on any atom is -0.354 e. The maximum absolute atomic E-state index is 14.1. The Morgan fingerprint density at radius 1 is 0.950 bits per heavy atom. The van der Waals surface area contributed by atoms with E-state index < -0.39 is 28.5 Å². The summed E-state index contributed by atoms with van der Waals surface area (Å²) in [4.78, 5) is 28.9. The monoisotopic (exact) mass is 583 g/mol. The molecule has 1 atom stereocenters. The molecule has 3 rings (SSSR count). The lowest BCUT2D eigenvalue weighted by Gasteiger charge is -2.33. The van der Waals surface area contributed by atoms with Crippen LogP contribution in [0.5, 0.6) is 0 Å². The molecular weight excluding hydrogens is 546 g/mol. The van der Waals surface area contributed by atoms with Gasteiger partial charge in [-0.05, 0) is 68.1 Å². The first-order chi connectivity index (χ1) is 19.1. The van der Waals surface area contributed by atoms with Crippen LogP contribution in [0.15, 0.2) is 77.7 Å². The average molecular weight is 584 g/mol. The SMILES string of the molecule is CCCCNC(=O)C(CC)N(Cc1ccc(Cl)cc1)C(=O)CN(c1ccc(C)cc1C)S(=O)(=O)c1ccccc1. The fourth-order valence-electron chi connectivity index (χ4n) is 4.53. The molecule has 0 heterocycles. The summed E-state index contributed by atoms with van der Waals surface area (Å²) in [6.45, 7) is 7.79. The molecule has 0 bridgehead atoms. The lowest BCUT2D eigenvalue weighted by Crippen LogP contribution is -2.52. The first-order valence-corrected chi connectivity index (χ1v) is 15.4. The Labute approximate surface area is 243 Å². The van der Waals surface area contributed by atoms with E-state index in [2.05, 4.69) is 5.32 Å². The number of anilines is 1. The second-order valence-electron chi connectivity index (χ2n) is 9.83. The Kier molecular flexibility index (Phi) is 11.2. The second-order valence-corrected chi connectivity index (χ2v) is 12.1. The van der Waals surface area contributed by atoms with E-state index in [1.807, 2.05) is 39.8 Å². The normalized spacial score (nSPS) is 12.0. The summed E-state index contributed by atoms with van der Waals surface area (Å²) >= 11 is 6.07. The van der Waals surface area contributed by atoms with Crippen LogP contribution in [0, 0.1) is 13.8 Å². The molecule has 0 aliphatic heterocycles. The summed E-state index contributed by atoms with van der Waals surface area (Å²) < 4.78 is 29.0. The van der Waals surface area contributed by atoms with Gasteiger partial charge in [-0.3, -0.25) is 13.9 Å². The van der Waals surface area contributed by atoms with E-state index >= 15 is 0 Å². The van der Waals surface area contributed by atoms with Crippen LogP contribution in [-0.2, 0) is 26.2 Å². The van der Waals surface area contributed by atoms with Gasteiger partial charge in [0.2, 0.25) is 11.8 Å². The Morgan fingerprint density at radius 3 is 2.23 bits per heavy atom. The van der Waals surface area contributed by atoms with Gasteiger partial charge in [-0.2, -0.15) is 0 Å². The van der Waals surface area contributed by atoms with Gasteiger partial charge in [-0.25, -0.2) is 8.42 Å². The van der Waals surface area contributed by atoms with Crippen LogP contribution >= 0.6 is 11.6 Å². The quantitative estimate of drug-likeness (QED) is 0.255.